The molecule has 0 bridgehead atoms. The third kappa shape index (κ3) is 3.63. The third-order valence-electron chi connectivity index (χ3n) is 5.50. The van der Waals surface area contributed by atoms with Gasteiger partial charge in [-0.15, -0.1) is 10.2 Å². The molecule has 0 saturated carbocycles. The van der Waals surface area contributed by atoms with E-state index in [0.29, 0.717) is 13.1 Å². The number of carbonyl (C=O) groups excluding carboxylic acids is 1. The SMILES string of the molecule is CC1(c2ccccc2)CCCN(C(=O)c2nnc(C(C)(C)S(C)(=O)=O)o2)C1. The van der Waals surface area contributed by atoms with Gasteiger partial charge in [0.1, 0.15) is 4.75 Å². The van der Waals surface area contributed by atoms with Crippen LogP contribution < -0.4 is 0 Å². The van der Waals surface area contributed by atoms with Crippen LogP contribution in [-0.2, 0) is 20.0 Å². The van der Waals surface area contributed by atoms with Crippen LogP contribution in [0.3, 0.4) is 0 Å². The van der Waals surface area contributed by atoms with Crippen LogP contribution in [0.15, 0.2) is 34.7 Å². The summed E-state index contributed by atoms with van der Waals surface area (Å²) in [6.07, 6.45) is 2.96. The van der Waals surface area contributed by atoms with Crippen LogP contribution in [0.25, 0.3) is 0 Å². The molecule has 2 heterocycles. The van der Waals surface area contributed by atoms with Crippen molar-refractivity contribution in [3.63, 3.8) is 0 Å². The fraction of sp³-hybridized carbons (Fsp3) is 0.526. The molecule has 7 nitrogen and oxygen atoms in total. The molecule has 1 saturated heterocycles. The monoisotopic (exact) mass is 391 g/mol. The van der Waals surface area contributed by atoms with Gasteiger partial charge in [-0.2, -0.15) is 0 Å². The highest BCUT2D eigenvalue weighted by Crippen LogP contribution is 2.34. The lowest BCUT2D eigenvalue weighted by atomic mass is 9.76. The first-order valence-electron chi connectivity index (χ1n) is 8.93. The van der Waals surface area contributed by atoms with Crippen LogP contribution in [0.4, 0.5) is 0 Å². The topological polar surface area (TPSA) is 93.4 Å². The minimum atomic E-state index is -3.47. The van der Waals surface area contributed by atoms with Crippen LogP contribution in [-0.4, -0.2) is 48.8 Å². The molecule has 1 aromatic heterocycles. The number of hydrogen-bond acceptors (Lipinski definition) is 6. The van der Waals surface area contributed by atoms with E-state index in [2.05, 4.69) is 29.3 Å². The van der Waals surface area contributed by atoms with Gasteiger partial charge in [0.05, 0.1) is 0 Å². The van der Waals surface area contributed by atoms with E-state index in [1.165, 1.54) is 19.4 Å². The number of aromatic nitrogens is 2. The molecule has 1 amide bonds. The molecule has 0 aliphatic carbocycles. The summed E-state index contributed by atoms with van der Waals surface area (Å²) in [5, 5.41) is 7.64. The predicted octanol–water partition coefficient (Wildman–Crippen LogP) is 2.54. The Labute approximate surface area is 159 Å². The summed E-state index contributed by atoms with van der Waals surface area (Å²) in [5.74, 6) is -0.602. The van der Waals surface area contributed by atoms with E-state index >= 15 is 0 Å². The second kappa shape index (κ2) is 6.74. The van der Waals surface area contributed by atoms with Crippen LogP contribution >= 0.6 is 0 Å². The quantitative estimate of drug-likeness (QED) is 0.795. The minimum Gasteiger partial charge on any atom is -0.415 e. The van der Waals surface area contributed by atoms with Crippen molar-refractivity contribution in [2.24, 2.45) is 0 Å². The molecule has 3 rings (SSSR count). The Morgan fingerprint density at radius 3 is 2.52 bits per heavy atom. The molecule has 1 unspecified atom stereocenters. The van der Waals surface area contributed by atoms with E-state index in [-0.39, 0.29) is 23.1 Å². The summed E-state index contributed by atoms with van der Waals surface area (Å²) in [7, 11) is -3.47. The van der Waals surface area contributed by atoms with Crippen molar-refractivity contribution in [2.75, 3.05) is 19.3 Å². The van der Waals surface area contributed by atoms with Crippen molar-refractivity contribution in [2.45, 2.75) is 43.8 Å². The van der Waals surface area contributed by atoms with Crippen molar-refractivity contribution in [3.8, 4) is 0 Å². The summed E-state index contributed by atoms with van der Waals surface area (Å²) in [6, 6.07) is 10.1. The Hall–Kier alpha value is -2.22. The summed E-state index contributed by atoms with van der Waals surface area (Å²) < 4.78 is 28.0. The molecule has 1 fully saturated rings. The smallest absolute Gasteiger partial charge is 0.311 e. The zero-order valence-corrected chi connectivity index (χ0v) is 16.9. The van der Waals surface area contributed by atoms with Gasteiger partial charge in [0.15, 0.2) is 9.84 Å². The maximum Gasteiger partial charge on any atom is 0.311 e. The molecule has 0 spiro atoms. The molecule has 146 valence electrons. The molecule has 2 aromatic rings. The normalized spacial score (nSPS) is 21.3. The Morgan fingerprint density at radius 2 is 1.89 bits per heavy atom. The van der Waals surface area contributed by atoms with Gasteiger partial charge in [-0.05, 0) is 32.3 Å². The van der Waals surface area contributed by atoms with E-state index in [1.54, 1.807) is 4.90 Å². The largest absolute Gasteiger partial charge is 0.415 e. The Kier molecular flexibility index (Phi) is 4.88. The van der Waals surface area contributed by atoms with Gasteiger partial charge in [-0.3, -0.25) is 4.79 Å². The second-order valence-corrected chi connectivity index (χ2v) is 10.5. The first-order chi connectivity index (χ1) is 12.5. The highest BCUT2D eigenvalue weighted by Gasteiger charge is 2.40. The molecule has 0 N–H and O–H groups in total. The second-order valence-electron chi connectivity index (χ2n) is 7.95. The van der Waals surface area contributed by atoms with Gasteiger partial charge in [-0.25, -0.2) is 8.42 Å². The predicted molar refractivity (Wildman–Crippen MR) is 101 cm³/mol. The number of nitrogens with zero attached hydrogens (tertiary/aromatic N) is 3. The van der Waals surface area contributed by atoms with Gasteiger partial charge in [0.25, 0.3) is 0 Å². The van der Waals surface area contributed by atoms with E-state index in [4.69, 9.17) is 4.42 Å². The maximum atomic E-state index is 12.9. The Morgan fingerprint density at radius 1 is 1.22 bits per heavy atom. The van der Waals surface area contributed by atoms with Crippen molar-refractivity contribution in [1.82, 2.24) is 15.1 Å². The highest BCUT2D eigenvalue weighted by molar-refractivity contribution is 7.91. The summed E-state index contributed by atoms with van der Waals surface area (Å²) in [5.41, 5.74) is 1.04. The number of piperidine rings is 1. The lowest BCUT2D eigenvalue weighted by Crippen LogP contribution is -2.47. The van der Waals surface area contributed by atoms with Crippen molar-refractivity contribution < 1.29 is 17.6 Å². The van der Waals surface area contributed by atoms with Crippen LogP contribution in [0.5, 0.6) is 0 Å². The fourth-order valence-corrected chi connectivity index (χ4v) is 3.74. The Bertz CT molecular complexity index is 937. The number of carbonyl (C=O) groups is 1. The standard InChI is InChI=1S/C19H25N3O4S/c1-18(2,27(4,24)25)17-21-20-15(26-17)16(23)22-12-8-11-19(3,13-22)14-9-6-5-7-10-14/h5-7,9-10H,8,11-13H2,1-4H3. The summed E-state index contributed by atoms with van der Waals surface area (Å²) >= 11 is 0. The molecule has 1 atom stereocenters. The lowest BCUT2D eigenvalue weighted by Gasteiger charge is -2.40. The summed E-state index contributed by atoms with van der Waals surface area (Å²) in [4.78, 5) is 14.6. The number of sulfone groups is 1. The van der Waals surface area contributed by atoms with Gasteiger partial charge < -0.3 is 9.32 Å². The first kappa shape index (κ1) is 19.5. The molecule has 1 aliphatic rings. The Balaban J connectivity index is 1.83. The van der Waals surface area contributed by atoms with E-state index in [1.807, 2.05) is 18.2 Å². The molecule has 27 heavy (non-hydrogen) atoms. The van der Waals surface area contributed by atoms with E-state index in [0.717, 1.165) is 19.1 Å². The van der Waals surface area contributed by atoms with Gasteiger partial charge in [0, 0.05) is 24.8 Å². The van der Waals surface area contributed by atoms with E-state index in [9.17, 15) is 13.2 Å². The number of benzene rings is 1. The number of rotatable bonds is 4. The lowest BCUT2D eigenvalue weighted by molar-refractivity contribution is 0.0608. The summed E-state index contributed by atoms with van der Waals surface area (Å²) in [6.45, 7) is 6.26. The molecular weight excluding hydrogens is 366 g/mol. The average molecular weight is 391 g/mol. The molecular formula is C19H25N3O4S. The van der Waals surface area contributed by atoms with Crippen LogP contribution in [0, 0.1) is 0 Å². The third-order valence-corrected chi connectivity index (χ3v) is 7.53. The zero-order valence-electron chi connectivity index (χ0n) is 16.1. The number of likely N-dealkylation sites (tertiary alicyclic amines) is 1. The highest BCUT2D eigenvalue weighted by atomic mass is 32.2. The average Bonchev–Trinajstić information content (AvgIpc) is 3.12. The van der Waals surface area contributed by atoms with Crippen molar-refractivity contribution >= 4 is 15.7 Å². The van der Waals surface area contributed by atoms with Gasteiger partial charge in [0.2, 0.25) is 5.89 Å². The molecule has 1 aliphatic heterocycles. The van der Waals surface area contributed by atoms with Crippen LogP contribution in [0.2, 0.25) is 0 Å². The molecule has 8 heteroatoms. The van der Waals surface area contributed by atoms with Gasteiger partial charge >= 0.3 is 11.8 Å². The van der Waals surface area contributed by atoms with E-state index < -0.39 is 14.6 Å². The first-order valence-corrected chi connectivity index (χ1v) is 10.8. The van der Waals surface area contributed by atoms with Crippen LogP contribution in [0.1, 0.15) is 55.8 Å². The van der Waals surface area contributed by atoms with Crippen molar-refractivity contribution in [3.05, 3.63) is 47.7 Å². The molecule has 1 aromatic carbocycles. The minimum absolute atomic E-state index is 0.0730. The fourth-order valence-electron chi connectivity index (χ4n) is 3.34. The van der Waals surface area contributed by atoms with Crippen molar-refractivity contribution in [1.29, 1.82) is 0 Å². The maximum absolute atomic E-state index is 12.9. The van der Waals surface area contributed by atoms with Gasteiger partial charge in [-0.1, -0.05) is 37.3 Å². The zero-order chi connectivity index (χ0) is 19.9. The number of amides is 1. The number of hydrogen-bond donors (Lipinski definition) is 0. The molecule has 0 radical (unpaired) electrons.